The fourth-order valence-corrected chi connectivity index (χ4v) is 2.14. The smallest absolute Gasteiger partial charge is 0.346 e. The Morgan fingerprint density at radius 1 is 1.15 bits per heavy atom. The maximum Gasteiger partial charge on any atom is 0.346 e. The molecular weight excluding hydrogens is 278 g/mol. The van der Waals surface area contributed by atoms with E-state index in [2.05, 4.69) is 4.98 Å². The molecule has 102 valence electrons. The average Bonchev–Trinajstić information content (AvgIpc) is 2.37. The van der Waals surface area contributed by atoms with Crippen molar-refractivity contribution in [3.8, 4) is 17.0 Å². The third-order valence-electron chi connectivity index (χ3n) is 2.92. The number of hydrogen-bond acceptors (Lipinski definition) is 4. The number of aromatic nitrogens is 1. The van der Waals surface area contributed by atoms with Crippen LogP contribution in [0.2, 0.25) is 5.02 Å². The van der Waals surface area contributed by atoms with Gasteiger partial charge in [-0.1, -0.05) is 23.7 Å². The molecule has 0 saturated heterocycles. The first-order valence-electron chi connectivity index (χ1n) is 6.13. The lowest BCUT2D eigenvalue weighted by molar-refractivity contribution is -0.127. The number of rotatable bonds is 1. The summed E-state index contributed by atoms with van der Waals surface area (Å²) >= 11 is 5.86. The van der Waals surface area contributed by atoms with Gasteiger partial charge in [-0.2, -0.15) is 0 Å². The maximum atomic E-state index is 11.8. The van der Waals surface area contributed by atoms with Gasteiger partial charge in [-0.05, 0) is 12.1 Å². The minimum atomic E-state index is -0.970. The van der Waals surface area contributed by atoms with Gasteiger partial charge in [-0.3, -0.25) is 4.98 Å². The number of hydrogen-bond donors (Lipinski definition) is 0. The van der Waals surface area contributed by atoms with Gasteiger partial charge in [0.2, 0.25) is 5.79 Å². The molecular formula is C15H12ClNO3. The number of ether oxygens (including phenoxy) is 2. The van der Waals surface area contributed by atoms with Crippen molar-refractivity contribution in [2.75, 3.05) is 0 Å². The average molecular weight is 290 g/mol. The highest BCUT2D eigenvalue weighted by atomic mass is 35.5. The highest BCUT2D eigenvalue weighted by molar-refractivity contribution is 6.30. The summed E-state index contributed by atoms with van der Waals surface area (Å²) in [5.74, 6) is -0.916. The molecule has 0 aliphatic carbocycles. The zero-order chi connectivity index (χ0) is 14.3. The van der Waals surface area contributed by atoms with E-state index in [0.717, 1.165) is 5.56 Å². The molecule has 0 unspecified atom stereocenters. The summed E-state index contributed by atoms with van der Waals surface area (Å²) in [5, 5.41) is 0.660. The molecule has 1 aliphatic rings. The standard InChI is InChI=1S/C15H12ClNO3/c1-15(2)19-13-7-12(9-3-5-10(16)6-4-9)17-8-11(13)14(18)20-15/h3-8H,1-2H3. The fourth-order valence-electron chi connectivity index (χ4n) is 2.02. The zero-order valence-corrected chi connectivity index (χ0v) is 11.8. The second-order valence-corrected chi connectivity index (χ2v) is 5.40. The second kappa shape index (κ2) is 4.49. The van der Waals surface area contributed by atoms with Crippen molar-refractivity contribution >= 4 is 17.6 Å². The van der Waals surface area contributed by atoms with E-state index in [1.165, 1.54) is 6.20 Å². The van der Waals surface area contributed by atoms with Crippen LogP contribution in [-0.4, -0.2) is 16.7 Å². The Bertz CT molecular complexity index is 680. The van der Waals surface area contributed by atoms with E-state index in [-0.39, 0.29) is 0 Å². The van der Waals surface area contributed by atoms with Crippen molar-refractivity contribution in [2.45, 2.75) is 19.6 Å². The van der Waals surface area contributed by atoms with Crippen molar-refractivity contribution < 1.29 is 14.3 Å². The Kier molecular flexibility index (Phi) is 2.91. The Morgan fingerprint density at radius 2 is 1.85 bits per heavy atom. The summed E-state index contributed by atoms with van der Waals surface area (Å²) in [4.78, 5) is 16.1. The first-order valence-corrected chi connectivity index (χ1v) is 6.51. The molecule has 0 fully saturated rings. The third kappa shape index (κ3) is 2.34. The Morgan fingerprint density at radius 3 is 2.55 bits per heavy atom. The molecule has 1 aromatic heterocycles. The summed E-state index contributed by atoms with van der Waals surface area (Å²) in [5.41, 5.74) is 1.95. The molecule has 0 atom stereocenters. The van der Waals surface area contributed by atoms with Crippen LogP contribution in [0.25, 0.3) is 11.3 Å². The van der Waals surface area contributed by atoms with Crippen LogP contribution < -0.4 is 4.74 Å². The van der Waals surface area contributed by atoms with Gasteiger partial charge in [-0.25, -0.2) is 4.79 Å². The Hall–Kier alpha value is -2.07. The molecule has 3 rings (SSSR count). The Balaban J connectivity index is 2.05. The van der Waals surface area contributed by atoms with Crippen LogP contribution in [0, 0.1) is 0 Å². The SMILES string of the molecule is CC1(C)OC(=O)c2cnc(-c3ccc(Cl)cc3)cc2O1. The quantitative estimate of drug-likeness (QED) is 0.751. The van der Waals surface area contributed by atoms with Gasteiger partial charge in [0.15, 0.2) is 0 Å². The third-order valence-corrected chi connectivity index (χ3v) is 3.17. The molecule has 20 heavy (non-hydrogen) atoms. The number of pyridine rings is 1. The second-order valence-electron chi connectivity index (χ2n) is 4.96. The molecule has 4 nitrogen and oxygen atoms in total. The predicted molar refractivity (Wildman–Crippen MR) is 74.8 cm³/mol. The molecule has 0 radical (unpaired) electrons. The summed E-state index contributed by atoms with van der Waals surface area (Å²) in [6.45, 7) is 3.38. The van der Waals surface area contributed by atoms with Crippen molar-refractivity contribution in [1.82, 2.24) is 4.98 Å². The number of carbonyl (C=O) groups is 1. The molecule has 2 aromatic rings. The Labute approximate surface area is 121 Å². The van der Waals surface area contributed by atoms with E-state index in [0.29, 0.717) is 22.0 Å². The van der Waals surface area contributed by atoms with E-state index in [9.17, 15) is 4.79 Å². The summed E-state index contributed by atoms with van der Waals surface area (Å²) in [7, 11) is 0. The van der Waals surface area contributed by atoms with Crippen LogP contribution in [-0.2, 0) is 4.74 Å². The zero-order valence-electron chi connectivity index (χ0n) is 11.0. The minimum absolute atomic E-state index is 0.335. The molecule has 5 heteroatoms. The molecule has 1 aromatic carbocycles. The first kappa shape index (κ1) is 12.9. The molecule has 0 amide bonds. The predicted octanol–water partition coefficient (Wildman–Crippen LogP) is 3.69. The van der Waals surface area contributed by atoms with E-state index < -0.39 is 11.8 Å². The first-order chi connectivity index (χ1) is 9.44. The molecule has 1 aliphatic heterocycles. The lowest BCUT2D eigenvalue weighted by Crippen LogP contribution is -2.38. The molecule has 0 N–H and O–H groups in total. The summed E-state index contributed by atoms with van der Waals surface area (Å²) in [6.07, 6.45) is 1.47. The summed E-state index contributed by atoms with van der Waals surface area (Å²) in [6, 6.07) is 9.04. The number of halogens is 1. The fraction of sp³-hybridized carbons (Fsp3) is 0.200. The van der Waals surface area contributed by atoms with Crippen molar-refractivity contribution in [3.63, 3.8) is 0 Å². The van der Waals surface area contributed by atoms with Crippen LogP contribution in [0.4, 0.5) is 0 Å². The molecule has 2 heterocycles. The number of benzene rings is 1. The topological polar surface area (TPSA) is 48.4 Å². The maximum absolute atomic E-state index is 11.8. The van der Waals surface area contributed by atoms with Gasteiger partial charge >= 0.3 is 5.97 Å². The highest BCUT2D eigenvalue weighted by Crippen LogP contribution is 2.33. The normalized spacial score (nSPS) is 16.1. The van der Waals surface area contributed by atoms with Crippen molar-refractivity contribution in [1.29, 1.82) is 0 Å². The largest absolute Gasteiger partial charge is 0.452 e. The number of fused-ring (bicyclic) bond motifs is 1. The van der Waals surface area contributed by atoms with E-state index in [1.807, 2.05) is 12.1 Å². The van der Waals surface area contributed by atoms with E-state index in [1.54, 1.807) is 32.0 Å². The molecule has 0 spiro atoms. The van der Waals surface area contributed by atoms with Gasteiger partial charge in [0.25, 0.3) is 0 Å². The number of esters is 1. The van der Waals surface area contributed by atoms with E-state index >= 15 is 0 Å². The number of cyclic esters (lactones) is 1. The highest BCUT2D eigenvalue weighted by Gasteiger charge is 2.34. The van der Waals surface area contributed by atoms with Gasteiger partial charge < -0.3 is 9.47 Å². The van der Waals surface area contributed by atoms with Crippen LogP contribution in [0.1, 0.15) is 24.2 Å². The monoisotopic (exact) mass is 289 g/mol. The molecule has 0 saturated carbocycles. The van der Waals surface area contributed by atoms with Crippen LogP contribution in [0.15, 0.2) is 36.5 Å². The van der Waals surface area contributed by atoms with E-state index in [4.69, 9.17) is 21.1 Å². The van der Waals surface area contributed by atoms with Crippen LogP contribution in [0.5, 0.6) is 5.75 Å². The lowest BCUT2D eigenvalue weighted by Gasteiger charge is -2.31. The number of nitrogens with zero attached hydrogens (tertiary/aromatic N) is 1. The minimum Gasteiger partial charge on any atom is -0.452 e. The van der Waals surface area contributed by atoms with Gasteiger partial charge in [0, 0.05) is 36.7 Å². The van der Waals surface area contributed by atoms with Gasteiger partial charge in [0.05, 0.1) is 5.69 Å². The lowest BCUT2D eigenvalue weighted by atomic mass is 10.1. The van der Waals surface area contributed by atoms with Gasteiger partial charge in [0.1, 0.15) is 11.3 Å². The molecule has 0 bridgehead atoms. The van der Waals surface area contributed by atoms with Crippen LogP contribution in [0.3, 0.4) is 0 Å². The summed E-state index contributed by atoms with van der Waals surface area (Å²) < 4.78 is 10.8. The van der Waals surface area contributed by atoms with Gasteiger partial charge in [-0.15, -0.1) is 0 Å². The van der Waals surface area contributed by atoms with Crippen molar-refractivity contribution in [3.05, 3.63) is 47.1 Å². The van der Waals surface area contributed by atoms with Crippen LogP contribution >= 0.6 is 11.6 Å². The van der Waals surface area contributed by atoms with Crippen molar-refractivity contribution in [2.24, 2.45) is 0 Å². The number of carbonyl (C=O) groups excluding carboxylic acids is 1.